The molecule has 3 N–H and O–H groups in total. The summed E-state index contributed by atoms with van der Waals surface area (Å²) in [5, 5.41) is 8.79. The number of aliphatic hydroxyl groups is 1. The molecule has 0 spiro atoms. The van der Waals surface area contributed by atoms with Crippen LogP contribution in [0.1, 0.15) is 143 Å². The van der Waals surface area contributed by atoms with Gasteiger partial charge in [0.05, 0.1) is 12.9 Å². The lowest BCUT2D eigenvalue weighted by molar-refractivity contribution is 0.192. The van der Waals surface area contributed by atoms with Crippen LogP contribution < -0.4 is 0 Å². The Morgan fingerprint density at radius 3 is 1.40 bits per heavy atom. The molecule has 0 aliphatic rings. The lowest BCUT2D eigenvalue weighted by atomic mass is 10.0. The molecule has 0 fully saturated rings. The number of aliphatic hydroxyl groups excluding tert-OH is 1. The summed E-state index contributed by atoms with van der Waals surface area (Å²) in [6.45, 7) is 10.1. The van der Waals surface area contributed by atoms with Crippen LogP contribution in [0.5, 0.6) is 0 Å². The molecule has 0 aromatic carbocycles. The summed E-state index contributed by atoms with van der Waals surface area (Å²) in [4.78, 5) is 19.3. The fraction of sp³-hybridized carbons (Fsp3) is 0.929. The van der Waals surface area contributed by atoms with E-state index in [2.05, 4.69) is 30.2 Å². The highest BCUT2D eigenvalue weighted by molar-refractivity contribution is 7.46. The molecule has 0 aliphatic heterocycles. The molecule has 212 valence electrons. The first-order chi connectivity index (χ1) is 16.9. The minimum Gasteiger partial charge on any atom is -0.413 e. The van der Waals surface area contributed by atoms with Crippen molar-refractivity contribution in [2.45, 2.75) is 143 Å². The van der Waals surface area contributed by atoms with E-state index in [0.29, 0.717) is 6.61 Å². The highest BCUT2D eigenvalue weighted by atomic mass is 31.2. The topological polar surface area (TPSA) is 90.2 Å². The molecule has 0 heterocycles. The molecule has 0 unspecified atom stereocenters. The fourth-order valence-electron chi connectivity index (χ4n) is 3.89. The van der Waals surface area contributed by atoms with Crippen LogP contribution in [0.3, 0.4) is 0 Å². The van der Waals surface area contributed by atoms with Gasteiger partial charge in [-0.3, -0.25) is 9.79 Å². The summed E-state index contributed by atoms with van der Waals surface area (Å²) in [6.07, 6.45) is 27.3. The van der Waals surface area contributed by atoms with Crippen molar-refractivity contribution in [1.29, 1.82) is 0 Å². The number of hydrogen-bond acceptors (Lipinski definition) is 4. The van der Waals surface area contributed by atoms with Crippen molar-refractivity contribution in [2.75, 3.05) is 26.2 Å². The molecule has 0 saturated carbocycles. The maximum atomic E-state index is 10.4. The van der Waals surface area contributed by atoms with Crippen molar-refractivity contribution >= 4 is 7.82 Å². The SMILES string of the molecule is CCCCCCCCCCCCCCCCC=COP(=O)(O)O.CCCCN(CCO)CCCC. The summed E-state index contributed by atoms with van der Waals surface area (Å²) in [7, 11) is -4.34. The van der Waals surface area contributed by atoms with Gasteiger partial charge in [-0.15, -0.1) is 0 Å². The number of phosphoric acid groups is 1. The number of unbranched alkanes of at least 4 members (excludes halogenated alkanes) is 16. The van der Waals surface area contributed by atoms with E-state index in [4.69, 9.17) is 14.9 Å². The Morgan fingerprint density at radius 2 is 1.03 bits per heavy atom. The van der Waals surface area contributed by atoms with Crippen molar-refractivity contribution in [2.24, 2.45) is 0 Å². The van der Waals surface area contributed by atoms with E-state index in [-0.39, 0.29) is 0 Å². The number of hydrogen-bond donors (Lipinski definition) is 3. The van der Waals surface area contributed by atoms with E-state index in [1.165, 1.54) is 109 Å². The Kier molecular flexibility index (Phi) is 31.3. The van der Waals surface area contributed by atoms with Gasteiger partial charge in [0.25, 0.3) is 0 Å². The largest absolute Gasteiger partial charge is 0.524 e. The third-order valence-corrected chi connectivity index (χ3v) is 6.49. The van der Waals surface area contributed by atoms with Gasteiger partial charge >= 0.3 is 7.82 Å². The van der Waals surface area contributed by atoms with Gasteiger partial charge in [0.15, 0.2) is 0 Å². The molecule has 0 aliphatic carbocycles. The highest BCUT2D eigenvalue weighted by Crippen LogP contribution is 2.35. The standard InChI is InChI=1S/C18H37O4P.C10H23NO/c1-2-3-4-5-6-7-8-9-10-11-12-13-14-15-16-17-18-22-23(19,20)21;1-3-5-7-11(9-10-12)8-6-4-2/h17-18H,2-16H2,1H3,(H2,19,20,21);12H,3-10H2,1-2H3. The smallest absolute Gasteiger partial charge is 0.413 e. The molecule has 0 saturated heterocycles. The second-order valence-electron chi connectivity index (χ2n) is 9.62. The zero-order valence-electron chi connectivity index (χ0n) is 23.5. The van der Waals surface area contributed by atoms with Crippen molar-refractivity contribution < 1.29 is 24.0 Å². The van der Waals surface area contributed by atoms with Crippen molar-refractivity contribution in [1.82, 2.24) is 4.90 Å². The average molecular weight is 522 g/mol. The second kappa shape index (κ2) is 29.8. The summed E-state index contributed by atoms with van der Waals surface area (Å²) in [6, 6.07) is 0. The third-order valence-electron chi connectivity index (χ3n) is 6.09. The lowest BCUT2D eigenvalue weighted by Gasteiger charge is -2.20. The van der Waals surface area contributed by atoms with E-state index >= 15 is 0 Å². The maximum absolute atomic E-state index is 10.4. The minimum atomic E-state index is -4.34. The molecule has 0 rings (SSSR count). The average Bonchev–Trinajstić information content (AvgIpc) is 2.82. The van der Waals surface area contributed by atoms with Gasteiger partial charge in [-0.05, 0) is 44.8 Å². The zero-order valence-corrected chi connectivity index (χ0v) is 24.4. The molecule has 0 aromatic heterocycles. The number of rotatable bonds is 25. The van der Waals surface area contributed by atoms with Crippen LogP contribution in [-0.4, -0.2) is 46.0 Å². The van der Waals surface area contributed by atoms with E-state index in [9.17, 15) is 4.57 Å². The monoisotopic (exact) mass is 521 g/mol. The van der Waals surface area contributed by atoms with Gasteiger partial charge < -0.3 is 14.5 Å². The Hall–Kier alpha value is -0.390. The quantitative estimate of drug-likeness (QED) is 0.0635. The molecular formula is C28H60NO5P. The van der Waals surface area contributed by atoms with Crippen LogP contribution in [0.15, 0.2) is 12.3 Å². The fourth-order valence-corrected chi connectivity index (χ4v) is 4.13. The molecule has 35 heavy (non-hydrogen) atoms. The highest BCUT2D eigenvalue weighted by Gasteiger charge is 2.10. The van der Waals surface area contributed by atoms with Crippen molar-refractivity contribution in [3.05, 3.63) is 12.3 Å². The van der Waals surface area contributed by atoms with Crippen molar-refractivity contribution in [3.8, 4) is 0 Å². The van der Waals surface area contributed by atoms with Gasteiger partial charge in [-0.25, -0.2) is 4.57 Å². The van der Waals surface area contributed by atoms with Crippen LogP contribution in [0, 0.1) is 0 Å². The summed E-state index contributed by atoms with van der Waals surface area (Å²) in [5.41, 5.74) is 0. The maximum Gasteiger partial charge on any atom is 0.524 e. The predicted octanol–water partition coefficient (Wildman–Crippen LogP) is 8.36. The summed E-state index contributed by atoms with van der Waals surface area (Å²) in [5.74, 6) is 0. The first-order valence-electron chi connectivity index (χ1n) is 14.6. The van der Waals surface area contributed by atoms with Crippen LogP contribution >= 0.6 is 7.82 Å². The molecule has 6 nitrogen and oxygen atoms in total. The summed E-state index contributed by atoms with van der Waals surface area (Å²) >= 11 is 0. The number of phosphoric ester groups is 1. The Morgan fingerprint density at radius 1 is 0.629 bits per heavy atom. The predicted molar refractivity (Wildman–Crippen MR) is 151 cm³/mol. The first-order valence-corrected chi connectivity index (χ1v) is 16.2. The molecule has 0 bridgehead atoms. The van der Waals surface area contributed by atoms with E-state index in [1.54, 1.807) is 6.08 Å². The lowest BCUT2D eigenvalue weighted by Crippen LogP contribution is -2.28. The molecule has 7 heteroatoms. The van der Waals surface area contributed by atoms with Crippen molar-refractivity contribution in [3.63, 3.8) is 0 Å². The molecule has 0 radical (unpaired) electrons. The van der Waals surface area contributed by atoms with Crippen LogP contribution in [-0.2, 0) is 9.09 Å². The molecular weight excluding hydrogens is 461 g/mol. The first kappa shape index (κ1) is 36.8. The van der Waals surface area contributed by atoms with Crippen LogP contribution in [0.2, 0.25) is 0 Å². The van der Waals surface area contributed by atoms with Gasteiger partial charge in [-0.1, -0.05) is 117 Å². The van der Waals surface area contributed by atoms with E-state index in [0.717, 1.165) is 38.7 Å². The molecule has 0 aromatic rings. The van der Waals surface area contributed by atoms with Gasteiger partial charge in [0.1, 0.15) is 0 Å². The summed E-state index contributed by atoms with van der Waals surface area (Å²) < 4.78 is 14.6. The Labute approximate surface area is 218 Å². The van der Waals surface area contributed by atoms with E-state index in [1.807, 2.05) is 0 Å². The minimum absolute atomic E-state index is 0.299. The third kappa shape index (κ3) is 35.8. The van der Waals surface area contributed by atoms with Crippen LogP contribution in [0.4, 0.5) is 0 Å². The zero-order chi connectivity index (χ0) is 26.5. The number of allylic oxidation sites excluding steroid dienone is 1. The van der Waals surface area contributed by atoms with E-state index < -0.39 is 7.82 Å². The normalized spacial score (nSPS) is 11.7. The molecule has 0 atom stereocenters. The van der Waals surface area contributed by atoms with Gasteiger partial charge in [-0.2, -0.15) is 0 Å². The van der Waals surface area contributed by atoms with Gasteiger partial charge in [0, 0.05) is 6.54 Å². The Balaban J connectivity index is 0. The molecule has 0 amide bonds. The number of nitrogens with zero attached hydrogens (tertiary/aromatic N) is 1. The Bertz CT molecular complexity index is 462. The van der Waals surface area contributed by atoms with Crippen LogP contribution in [0.25, 0.3) is 0 Å². The van der Waals surface area contributed by atoms with Gasteiger partial charge in [0.2, 0.25) is 0 Å². The second-order valence-corrected chi connectivity index (χ2v) is 10.8.